The van der Waals surface area contributed by atoms with Crippen molar-refractivity contribution < 1.29 is 17.6 Å². The van der Waals surface area contributed by atoms with Crippen molar-refractivity contribution in [1.29, 1.82) is 0 Å². The Balaban J connectivity index is 1.76. The molecule has 1 atom stereocenters. The smallest absolute Gasteiger partial charge is 0.272 e. The first-order valence-electron chi connectivity index (χ1n) is 7.91. The lowest BCUT2D eigenvalue weighted by atomic mass is 10.2. The van der Waals surface area contributed by atoms with Crippen LogP contribution in [0.2, 0.25) is 5.02 Å². The van der Waals surface area contributed by atoms with Crippen LogP contribution in [0, 0.1) is 5.82 Å². The van der Waals surface area contributed by atoms with E-state index < -0.39 is 15.7 Å². The molecule has 1 unspecified atom stereocenters. The molecule has 1 amide bonds. The quantitative estimate of drug-likeness (QED) is 0.858. The van der Waals surface area contributed by atoms with Crippen molar-refractivity contribution in [2.45, 2.75) is 12.5 Å². The summed E-state index contributed by atoms with van der Waals surface area (Å²) < 4.78 is 36.5. The van der Waals surface area contributed by atoms with E-state index in [9.17, 15) is 17.6 Å². The predicted molar refractivity (Wildman–Crippen MR) is 98.1 cm³/mol. The number of hydrogen-bond acceptors (Lipinski definition) is 5. The standard InChI is InChI=1S/C17H17ClFN3O3S/c1-22(13-5-7-26(24,25)10-13)17(23)16-9-12(4-6-20-16)21-11-2-3-15(19)14(18)8-11/h2-4,6,8-9,13H,5,7,10H2,1H3,(H,20,21). The van der Waals surface area contributed by atoms with Crippen LogP contribution < -0.4 is 5.32 Å². The summed E-state index contributed by atoms with van der Waals surface area (Å²) in [5.41, 5.74) is 1.34. The van der Waals surface area contributed by atoms with Crippen LogP contribution in [0.4, 0.5) is 15.8 Å². The van der Waals surface area contributed by atoms with Crippen molar-refractivity contribution in [1.82, 2.24) is 9.88 Å². The van der Waals surface area contributed by atoms with E-state index in [1.807, 2.05) is 0 Å². The van der Waals surface area contributed by atoms with E-state index in [2.05, 4.69) is 10.3 Å². The maximum atomic E-state index is 13.2. The van der Waals surface area contributed by atoms with Crippen molar-refractivity contribution in [2.75, 3.05) is 23.9 Å². The minimum Gasteiger partial charge on any atom is -0.355 e. The number of carbonyl (C=O) groups is 1. The molecule has 0 aliphatic carbocycles. The number of nitrogens with one attached hydrogen (secondary N) is 1. The summed E-state index contributed by atoms with van der Waals surface area (Å²) in [4.78, 5) is 18.1. The maximum absolute atomic E-state index is 13.2. The number of carbonyl (C=O) groups excluding carboxylic acids is 1. The van der Waals surface area contributed by atoms with Crippen molar-refractivity contribution in [3.8, 4) is 0 Å². The van der Waals surface area contributed by atoms with Crippen molar-refractivity contribution in [2.24, 2.45) is 0 Å². The Bertz CT molecular complexity index is 952. The molecule has 0 spiro atoms. The van der Waals surface area contributed by atoms with Crippen molar-refractivity contribution in [3.05, 3.63) is 53.1 Å². The first-order valence-corrected chi connectivity index (χ1v) is 10.1. The molecule has 0 radical (unpaired) electrons. The third-order valence-corrected chi connectivity index (χ3v) is 6.30. The van der Waals surface area contributed by atoms with Gasteiger partial charge in [0.15, 0.2) is 9.84 Å². The van der Waals surface area contributed by atoms with Gasteiger partial charge < -0.3 is 10.2 Å². The van der Waals surface area contributed by atoms with Gasteiger partial charge in [0.25, 0.3) is 5.91 Å². The second-order valence-electron chi connectivity index (χ2n) is 6.16. The molecular formula is C17H17ClFN3O3S. The molecule has 2 aromatic rings. The van der Waals surface area contributed by atoms with Crippen molar-refractivity contribution >= 4 is 38.7 Å². The highest BCUT2D eigenvalue weighted by atomic mass is 35.5. The molecule has 1 aromatic heterocycles. The first-order chi connectivity index (χ1) is 12.2. The highest BCUT2D eigenvalue weighted by Crippen LogP contribution is 2.24. The number of hydrogen-bond donors (Lipinski definition) is 1. The lowest BCUT2D eigenvalue weighted by molar-refractivity contribution is 0.0742. The summed E-state index contributed by atoms with van der Waals surface area (Å²) in [5, 5.41) is 3.02. The Morgan fingerprint density at radius 3 is 2.69 bits per heavy atom. The Labute approximate surface area is 155 Å². The number of anilines is 2. The Morgan fingerprint density at radius 1 is 1.31 bits per heavy atom. The van der Waals surface area contributed by atoms with Crippen LogP contribution in [-0.2, 0) is 9.84 Å². The normalized spacial score (nSPS) is 18.5. The summed E-state index contributed by atoms with van der Waals surface area (Å²) in [6.07, 6.45) is 1.90. The van der Waals surface area contributed by atoms with Gasteiger partial charge >= 0.3 is 0 Å². The van der Waals surface area contributed by atoms with E-state index in [4.69, 9.17) is 11.6 Å². The van der Waals surface area contributed by atoms with Crippen LogP contribution in [0.3, 0.4) is 0 Å². The van der Waals surface area contributed by atoms with Gasteiger partial charge in [0.1, 0.15) is 11.5 Å². The maximum Gasteiger partial charge on any atom is 0.272 e. The van der Waals surface area contributed by atoms with Crippen LogP contribution in [0.5, 0.6) is 0 Å². The van der Waals surface area contributed by atoms with Crippen LogP contribution >= 0.6 is 11.6 Å². The van der Waals surface area contributed by atoms with Gasteiger partial charge in [0, 0.05) is 30.7 Å². The van der Waals surface area contributed by atoms with Gasteiger partial charge in [0.05, 0.1) is 16.5 Å². The monoisotopic (exact) mass is 397 g/mol. The number of nitrogens with zero attached hydrogens (tertiary/aromatic N) is 2. The largest absolute Gasteiger partial charge is 0.355 e. The average molecular weight is 398 g/mol. The number of pyridine rings is 1. The molecule has 138 valence electrons. The van der Waals surface area contributed by atoms with E-state index in [1.54, 1.807) is 19.2 Å². The molecule has 1 N–H and O–H groups in total. The zero-order valence-corrected chi connectivity index (χ0v) is 15.5. The van der Waals surface area contributed by atoms with E-state index in [-0.39, 0.29) is 34.2 Å². The fraction of sp³-hybridized carbons (Fsp3) is 0.294. The molecule has 26 heavy (non-hydrogen) atoms. The van der Waals surface area contributed by atoms with Crippen LogP contribution in [0.15, 0.2) is 36.5 Å². The molecule has 1 aromatic carbocycles. The second-order valence-corrected chi connectivity index (χ2v) is 8.79. The van der Waals surface area contributed by atoms with Crippen LogP contribution in [0.25, 0.3) is 0 Å². The Kier molecular flexibility index (Phi) is 5.15. The average Bonchev–Trinajstić information content (AvgIpc) is 2.97. The summed E-state index contributed by atoms with van der Waals surface area (Å²) in [5.74, 6) is -0.805. The lowest BCUT2D eigenvalue weighted by Crippen LogP contribution is -2.38. The number of benzene rings is 1. The highest BCUT2D eigenvalue weighted by Gasteiger charge is 2.33. The van der Waals surface area contributed by atoms with E-state index in [0.29, 0.717) is 17.8 Å². The van der Waals surface area contributed by atoms with Crippen LogP contribution in [0.1, 0.15) is 16.9 Å². The molecule has 3 rings (SSSR count). The molecule has 1 aliphatic heterocycles. The molecule has 1 saturated heterocycles. The number of halogens is 2. The zero-order valence-electron chi connectivity index (χ0n) is 13.9. The minimum atomic E-state index is -3.08. The second kappa shape index (κ2) is 7.20. The SMILES string of the molecule is CN(C(=O)c1cc(Nc2ccc(F)c(Cl)c2)ccn1)C1CCS(=O)(=O)C1. The predicted octanol–water partition coefficient (Wildman–Crippen LogP) is 2.88. The fourth-order valence-corrected chi connectivity index (χ4v) is 4.75. The highest BCUT2D eigenvalue weighted by molar-refractivity contribution is 7.91. The van der Waals surface area contributed by atoms with Gasteiger partial charge in [-0.15, -0.1) is 0 Å². The molecule has 6 nitrogen and oxygen atoms in total. The first kappa shape index (κ1) is 18.6. The number of aromatic nitrogens is 1. The van der Waals surface area contributed by atoms with E-state index >= 15 is 0 Å². The lowest BCUT2D eigenvalue weighted by Gasteiger charge is -2.23. The number of rotatable bonds is 4. The van der Waals surface area contributed by atoms with Gasteiger partial charge in [-0.1, -0.05) is 11.6 Å². The fourth-order valence-electron chi connectivity index (χ4n) is 2.79. The minimum absolute atomic E-state index is 0.0115. The van der Waals surface area contributed by atoms with Gasteiger partial charge in [-0.05, 0) is 36.8 Å². The van der Waals surface area contributed by atoms with Gasteiger partial charge in [-0.2, -0.15) is 0 Å². The third kappa shape index (κ3) is 4.13. The van der Waals surface area contributed by atoms with Gasteiger partial charge in [0.2, 0.25) is 0 Å². The molecule has 1 aliphatic rings. The summed E-state index contributed by atoms with van der Waals surface area (Å²) in [7, 11) is -1.50. The third-order valence-electron chi connectivity index (χ3n) is 4.26. The Hall–Kier alpha value is -2.19. The molecule has 2 heterocycles. The zero-order chi connectivity index (χ0) is 18.9. The molecule has 0 saturated carbocycles. The number of amides is 1. The number of sulfone groups is 1. The van der Waals surface area contributed by atoms with Crippen LogP contribution in [-0.4, -0.2) is 48.8 Å². The van der Waals surface area contributed by atoms with E-state index in [0.717, 1.165) is 0 Å². The molecular weight excluding hydrogens is 381 g/mol. The van der Waals surface area contributed by atoms with Gasteiger partial charge in [-0.25, -0.2) is 12.8 Å². The summed E-state index contributed by atoms with van der Waals surface area (Å²) in [6.45, 7) is 0. The molecule has 0 bridgehead atoms. The summed E-state index contributed by atoms with van der Waals surface area (Å²) >= 11 is 5.76. The Morgan fingerprint density at radius 2 is 2.04 bits per heavy atom. The topological polar surface area (TPSA) is 79.4 Å². The van der Waals surface area contributed by atoms with Gasteiger partial charge in [-0.3, -0.25) is 9.78 Å². The molecule has 9 heteroatoms. The molecule has 1 fully saturated rings. The van der Waals surface area contributed by atoms with Crippen molar-refractivity contribution in [3.63, 3.8) is 0 Å². The summed E-state index contributed by atoms with van der Waals surface area (Å²) in [6, 6.07) is 7.08. The van der Waals surface area contributed by atoms with E-state index in [1.165, 1.54) is 29.3 Å².